The summed E-state index contributed by atoms with van der Waals surface area (Å²) in [5.41, 5.74) is -0.721. The van der Waals surface area contributed by atoms with Crippen molar-refractivity contribution < 1.29 is 19.1 Å². The van der Waals surface area contributed by atoms with Gasteiger partial charge in [-0.2, -0.15) is 0 Å². The number of hydrogen-bond donors (Lipinski definition) is 0. The van der Waals surface area contributed by atoms with Gasteiger partial charge >= 0.3 is 12.2 Å². The van der Waals surface area contributed by atoms with Gasteiger partial charge in [-0.1, -0.05) is 30.0 Å². The third-order valence-electron chi connectivity index (χ3n) is 4.30. The Morgan fingerprint density at radius 2 is 1.21 bits per heavy atom. The summed E-state index contributed by atoms with van der Waals surface area (Å²) in [6, 6.07) is 17.7. The summed E-state index contributed by atoms with van der Waals surface area (Å²) in [6.07, 6.45) is -1.10. The van der Waals surface area contributed by atoms with Crippen LogP contribution in [0.15, 0.2) is 69.4 Å². The van der Waals surface area contributed by atoms with E-state index in [1.54, 1.807) is 53.3 Å². The summed E-state index contributed by atoms with van der Waals surface area (Å²) in [4.78, 5) is 35.2. The van der Waals surface area contributed by atoms with Gasteiger partial charge in [0.2, 0.25) is 5.96 Å². The summed E-state index contributed by atoms with van der Waals surface area (Å²) in [5.74, 6) is 0.196. The Morgan fingerprint density at radius 1 is 0.758 bits per heavy atom. The Morgan fingerprint density at radius 3 is 1.67 bits per heavy atom. The summed E-state index contributed by atoms with van der Waals surface area (Å²) >= 11 is 1.65. The van der Waals surface area contributed by atoms with Crippen molar-refractivity contribution in [3.05, 3.63) is 54.6 Å². The molecule has 1 heterocycles. The highest BCUT2D eigenvalue weighted by atomic mass is 32.2. The third kappa shape index (κ3) is 7.25. The topological polar surface area (TPSA) is 71.4 Å². The number of rotatable bonds is 3. The maximum absolute atomic E-state index is 12.8. The fraction of sp³-hybridized carbons (Fsp3) is 0.400. The zero-order chi connectivity index (χ0) is 24.2. The van der Waals surface area contributed by atoms with E-state index in [9.17, 15) is 9.59 Å². The molecule has 2 amide bonds. The lowest BCUT2D eigenvalue weighted by molar-refractivity contribution is 0.0375. The number of carbonyl (C=O) groups is 2. The minimum Gasteiger partial charge on any atom is -0.443 e. The molecule has 1 fully saturated rings. The first kappa shape index (κ1) is 24.6. The molecule has 0 radical (unpaired) electrons. The van der Waals surface area contributed by atoms with Crippen LogP contribution in [0.25, 0.3) is 0 Å². The van der Waals surface area contributed by atoms with Crippen LogP contribution in [0.4, 0.5) is 15.3 Å². The van der Waals surface area contributed by atoms with Crippen LogP contribution in [0.3, 0.4) is 0 Å². The quantitative estimate of drug-likeness (QED) is 0.526. The minimum atomic E-state index is -0.669. The highest BCUT2D eigenvalue weighted by Crippen LogP contribution is 2.29. The zero-order valence-electron chi connectivity index (χ0n) is 20.0. The molecule has 0 bridgehead atoms. The smallest absolute Gasteiger partial charge is 0.417 e. The molecule has 3 rings (SSSR count). The van der Waals surface area contributed by atoms with Gasteiger partial charge in [0.05, 0.1) is 18.8 Å². The van der Waals surface area contributed by atoms with Crippen molar-refractivity contribution in [1.82, 2.24) is 9.80 Å². The second kappa shape index (κ2) is 9.87. The van der Waals surface area contributed by atoms with Gasteiger partial charge in [-0.05, 0) is 77.9 Å². The Labute approximate surface area is 199 Å². The lowest BCUT2D eigenvalue weighted by Gasteiger charge is -2.27. The average Bonchev–Trinajstić information content (AvgIpc) is 3.11. The first-order valence-electron chi connectivity index (χ1n) is 10.8. The molecule has 0 unspecified atom stereocenters. The van der Waals surface area contributed by atoms with Gasteiger partial charge in [-0.25, -0.2) is 24.4 Å². The number of nitrogens with zero attached hydrogens (tertiary/aromatic N) is 3. The summed E-state index contributed by atoms with van der Waals surface area (Å²) < 4.78 is 11.1. The van der Waals surface area contributed by atoms with Gasteiger partial charge in [0.1, 0.15) is 11.2 Å². The molecule has 1 aliphatic heterocycles. The number of benzene rings is 2. The lowest BCUT2D eigenvalue weighted by atomic mass is 10.2. The molecule has 7 nitrogen and oxygen atoms in total. The molecule has 0 spiro atoms. The Bertz CT molecular complexity index is 971. The van der Waals surface area contributed by atoms with Crippen LogP contribution >= 0.6 is 11.8 Å². The van der Waals surface area contributed by atoms with Crippen LogP contribution < -0.4 is 0 Å². The maximum atomic E-state index is 12.8. The molecule has 8 heteroatoms. The van der Waals surface area contributed by atoms with Crippen molar-refractivity contribution in [2.45, 2.75) is 62.5 Å². The van der Waals surface area contributed by atoms with Crippen molar-refractivity contribution in [3.63, 3.8) is 0 Å². The monoisotopic (exact) mass is 469 g/mol. The first-order valence-corrected chi connectivity index (χ1v) is 11.7. The maximum Gasteiger partial charge on any atom is 0.417 e. The molecule has 2 aromatic carbocycles. The van der Waals surface area contributed by atoms with E-state index in [0.717, 1.165) is 9.79 Å². The first-order chi connectivity index (χ1) is 15.4. The second-order valence-corrected chi connectivity index (χ2v) is 10.7. The van der Waals surface area contributed by atoms with E-state index >= 15 is 0 Å². The predicted molar refractivity (Wildman–Crippen MR) is 130 cm³/mol. The van der Waals surface area contributed by atoms with Gasteiger partial charge in [0.15, 0.2) is 0 Å². The van der Waals surface area contributed by atoms with E-state index in [1.165, 1.54) is 9.80 Å². The number of ether oxygens (including phenoxy) is 2. The number of amides is 2. The molecule has 0 aromatic heterocycles. The molecule has 176 valence electrons. The fourth-order valence-corrected chi connectivity index (χ4v) is 3.81. The van der Waals surface area contributed by atoms with Gasteiger partial charge in [-0.15, -0.1) is 0 Å². The molecule has 0 aliphatic carbocycles. The third-order valence-corrected chi connectivity index (χ3v) is 5.32. The predicted octanol–water partition coefficient (Wildman–Crippen LogP) is 6.31. The standard InChI is InChI=1S/C25H31N3O4S/c1-24(2,3)31-22(29)27-16-17-28(23(30)32-25(4,5)6)21(27)26-18-12-14-20(15-13-18)33-19-10-8-7-9-11-19/h7-15H,16-17H2,1-6H3. The van der Waals surface area contributed by atoms with E-state index in [0.29, 0.717) is 5.69 Å². The SMILES string of the molecule is CC(C)(C)OC(=O)N1CCN(C(=O)OC(C)(C)C)C1=Nc1ccc(Sc2ccccc2)cc1. The molecule has 0 N–H and O–H groups in total. The highest BCUT2D eigenvalue weighted by Gasteiger charge is 2.39. The minimum absolute atomic E-state index is 0.196. The fourth-order valence-electron chi connectivity index (χ4n) is 2.98. The molecule has 1 saturated heterocycles. The van der Waals surface area contributed by atoms with Crippen LogP contribution in [-0.4, -0.2) is 52.2 Å². The molecule has 0 saturated carbocycles. The number of aliphatic imine (C=N–C) groups is 1. The van der Waals surface area contributed by atoms with Gasteiger partial charge in [-0.3, -0.25) is 0 Å². The second-order valence-electron chi connectivity index (χ2n) is 9.58. The van der Waals surface area contributed by atoms with Gasteiger partial charge < -0.3 is 9.47 Å². The van der Waals surface area contributed by atoms with E-state index in [-0.39, 0.29) is 19.0 Å². The van der Waals surface area contributed by atoms with Crippen molar-refractivity contribution in [1.29, 1.82) is 0 Å². The molecular weight excluding hydrogens is 438 g/mol. The molecule has 1 aliphatic rings. The highest BCUT2D eigenvalue weighted by molar-refractivity contribution is 7.99. The zero-order valence-corrected chi connectivity index (χ0v) is 20.8. The number of hydrogen-bond acceptors (Lipinski definition) is 6. The van der Waals surface area contributed by atoms with E-state index < -0.39 is 23.4 Å². The molecule has 2 aromatic rings. The van der Waals surface area contributed by atoms with Crippen LogP contribution in [0.2, 0.25) is 0 Å². The lowest BCUT2D eigenvalue weighted by Crippen LogP contribution is -2.44. The van der Waals surface area contributed by atoms with Crippen LogP contribution in [-0.2, 0) is 9.47 Å². The van der Waals surface area contributed by atoms with Gasteiger partial charge in [0.25, 0.3) is 0 Å². The Hall–Kier alpha value is -3.00. The van der Waals surface area contributed by atoms with E-state index in [1.807, 2.05) is 42.5 Å². The van der Waals surface area contributed by atoms with Crippen LogP contribution in [0.1, 0.15) is 41.5 Å². The number of carbonyl (C=O) groups excluding carboxylic acids is 2. The normalized spacial score (nSPS) is 14.3. The molecule has 33 heavy (non-hydrogen) atoms. The molecular formula is C25H31N3O4S. The Balaban J connectivity index is 1.86. The summed E-state index contributed by atoms with van der Waals surface area (Å²) in [7, 11) is 0. The van der Waals surface area contributed by atoms with E-state index in [2.05, 4.69) is 17.1 Å². The van der Waals surface area contributed by atoms with Crippen molar-refractivity contribution in [2.24, 2.45) is 4.99 Å². The van der Waals surface area contributed by atoms with Crippen LogP contribution in [0, 0.1) is 0 Å². The Kier molecular flexibility index (Phi) is 7.37. The number of guanidine groups is 1. The largest absolute Gasteiger partial charge is 0.443 e. The van der Waals surface area contributed by atoms with Crippen molar-refractivity contribution in [2.75, 3.05) is 13.1 Å². The molecule has 0 atom stereocenters. The van der Waals surface area contributed by atoms with Crippen molar-refractivity contribution >= 4 is 35.6 Å². The summed E-state index contributed by atoms with van der Waals surface area (Å²) in [6.45, 7) is 11.3. The summed E-state index contributed by atoms with van der Waals surface area (Å²) in [5, 5.41) is 0. The van der Waals surface area contributed by atoms with Crippen LogP contribution in [0.5, 0.6) is 0 Å². The van der Waals surface area contributed by atoms with Crippen molar-refractivity contribution in [3.8, 4) is 0 Å². The van der Waals surface area contributed by atoms with E-state index in [4.69, 9.17) is 9.47 Å². The van der Waals surface area contributed by atoms with Gasteiger partial charge in [0, 0.05) is 9.79 Å². The average molecular weight is 470 g/mol.